The average Bonchev–Trinajstić information content (AvgIpc) is 3.62. The number of nitrogens with one attached hydrogen (secondary N) is 3. The van der Waals surface area contributed by atoms with Gasteiger partial charge in [-0.2, -0.15) is 0 Å². The molecule has 1 aromatic heterocycles. The molecule has 3 N–H and O–H groups in total. The molecular weight excluding hydrogens is 466 g/mol. The summed E-state index contributed by atoms with van der Waals surface area (Å²) in [6.45, 7) is 10.2. The van der Waals surface area contributed by atoms with Gasteiger partial charge in [0.2, 0.25) is 11.8 Å². The van der Waals surface area contributed by atoms with Crippen molar-refractivity contribution in [3.05, 3.63) is 59.9 Å². The Labute approximate surface area is 218 Å². The standard InChI is InChI=1S/C29H37N5O3/c1-17(2)29(5)14-22(19-10-6-7-11-23(19)37-29)32-26(36)21-13-20(21)25(18-9-8-12-31-16-18)34-24(35)15-28(3,4)33-27(34)30/h6-12,16-17,20-22,25H,13-15H2,1-5H3,(H2,30,33)(H,32,36)/t20-,21-,22?,25+,29?/m1/s1. The molecule has 196 valence electrons. The zero-order valence-electron chi connectivity index (χ0n) is 22.2. The molecule has 2 amide bonds. The molecule has 37 heavy (non-hydrogen) atoms. The molecule has 5 rings (SSSR count). The Balaban J connectivity index is 1.38. The average molecular weight is 504 g/mol. The van der Waals surface area contributed by atoms with Crippen molar-refractivity contribution in [1.29, 1.82) is 5.41 Å². The Bertz CT molecular complexity index is 1190. The molecule has 0 bridgehead atoms. The number of ether oxygens (including phenoxy) is 1. The SMILES string of the molecule is CC(C)C1(C)CC(NC(=O)[C@@H]2C[C@H]2[C@H](c2cccnc2)N2C(=N)NC(C)(C)CC2=O)c2ccccc2O1. The zero-order chi connectivity index (χ0) is 26.5. The maximum absolute atomic E-state index is 13.6. The van der Waals surface area contributed by atoms with Crippen molar-refractivity contribution < 1.29 is 14.3 Å². The van der Waals surface area contributed by atoms with Gasteiger partial charge in [0.15, 0.2) is 5.96 Å². The number of hydrogen-bond acceptors (Lipinski definition) is 5. The molecule has 3 heterocycles. The highest BCUT2D eigenvalue weighted by Crippen LogP contribution is 2.51. The van der Waals surface area contributed by atoms with E-state index in [1.54, 1.807) is 12.4 Å². The van der Waals surface area contributed by atoms with E-state index in [-0.39, 0.29) is 53.6 Å². The van der Waals surface area contributed by atoms with Crippen molar-refractivity contribution in [3.63, 3.8) is 0 Å². The maximum atomic E-state index is 13.6. The highest BCUT2D eigenvalue weighted by atomic mass is 16.5. The van der Waals surface area contributed by atoms with E-state index in [0.29, 0.717) is 12.8 Å². The fourth-order valence-corrected chi connectivity index (χ4v) is 5.74. The Morgan fingerprint density at radius 3 is 2.65 bits per heavy atom. The van der Waals surface area contributed by atoms with E-state index in [1.807, 2.05) is 50.2 Å². The van der Waals surface area contributed by atoms with Crippen LogP contribution in [0.3, 0.4) is 0 Å². The first-order valence-corrected chi connectivity index (χ1v) is 13.2. The van der Waals surface area contributed by atoms with Crippen molar-refractivity contribution in [2.75, 3.05) is 0 Å². The van der Waals surface area contributed by atoms with Gasteiger partial charge in [-0.1, -0.05) is 38.1 Å². The van der Waals surface area contributed by atoms with Crippen LogP contribution in [-0.2, 0) is 9.59 Å². The molecule has 5 atom stereocenters. The number of guanidine groups is 1. The predicted molar refractivity (Wildman–Crippen MR) is 141 cm³/mol. The van der Waals surface area contributed by atoms with Gasteiger partial charge in [0.25, 0.3) is 0 Å². The zero-order valence-corrected chi connectivity index (χ0v) is 22.2. The molecule has 0 spiro atoms. The van der Waals surface area contributed by atoms with E-state index >= 15 is 0 Å². The molecular formula is C29H37N5O3. The molecule has 1 saturated heterocycles. The van der Waals surface area contributed by atoms with Crippen molar-refractivity contribution >= 4 is 17.8 Å². The van der Waals surface area contributed by atoms with Gasteiger partial charge in [0, 0.05) is 42.3 Å². The molecule has 2 aliphatic heterocycles. The number of fused-ring (bicyclic) bond motifs is 1. The Morgan fingerprint density at radius 1 is 1.22 bits per heavy atom. The van der Waals surface area contributed by atoms with Gasteiger partial charge < -0.3 is 15.4 Å². The van der Waals surface area contributed by atoms with Gasteiger partial charge >= 0.3 is 0 Å². The second-order valence-corrected chi connectivity index (χ2v) is 11.9. The molecule has 2 unspecified atom stereocenters. The summed E-state index contributed by atoms with van der Waals surface area (Å²) in [5.74, 6) is 0.695. The van der Waals surface area contributed by atoms with Crippen LogP contribution in [0.5, 0.6) is 5.75 Å². The molecule has 2 aromatic rings. The van der Waals surface area contributed by atoms with Crippen LogP contribution in [0.1, 0.15) is 77.1 Å². The third-order valence-corrected chi connectivity index (χ3v) is 8.23. The first-order chi connectivity index (χ1) is 17.5. The van der Waals surface area contributed by atoms with Crippen molar-refractivity contribution in [3.8, 4) is 5.75 Å². The van der Waals surface area contributed by atoms with Crippen LogP contribution in [0.15, 0.2) is 48.8 Å². The highest BCUT2D eigenvalue weighted by molar-refractivity contribution is 5.99. The van der Waals surface area contributed by atoms with E-state index in [0.717, 1.165) is 16.9 Å². The Kier molecular flexibility index (Phi) is 6.24. The normalized spacial score (nSPS) is 29.1. The van der Waals surface area contributed by atoms with Gasteiger partial charge in [-0.15, -0.1) is 0 Å². The van der Waals surface area contributed by atoms with E-state index in [1.165, 1.54) is 4.90 Å². The number of hydrogen-bond donors (Lipinski definition) is 3. The minimum absolute atomic E-state index is 0.0176. The van der Waals surface area contributed by atoms with Gasteiger partial charge in [-0.3, -0.25) is 24.9 Å². The van der Waals surface area contributed by atoms with Crippen LogP contribution in [0.2, 0.25) is 0 Å². The lowest BCUT2D eigenvalue weighted by atomic mass is 9.81. The van der Waals surface area contributed by atoms with E-state index in [4.69, 9.17) is 10.1 Å². The number of rotatable bonds is 6. The first kappa shape index (κ1) is 25.2. The number of benzene rings is 1. The Hall–Kier alpha value is -3.42. The van der Waals surface area contributed by atoms with Crippen molar-refractivity contribution in [1.82, 2.24) is 20.5 Å². The maximum Gasteiger partial charge on any atom is 0.232 e. The largest absolute Gasteiger partial charge is 0.487 e. The number of carbonyl (C=O) groups excluding carboxylic acids is 2. The molecule has 1 aliphatic carbocycles. The molecule has 2 fully saturated rings. The van der Waals surface area contributed by atoms with Gasteiger partial charge in [-0.25, -0.2) is 0 Å². The molecule has 8 heteroatoms. The van der Waals surface area contributed by atoms with Crippen molar-refractivity contribution in [2.45, 2.75) is 77.1 Å². The molecule has 1 saturated carbocycles. The summed E-state index contributed by atoms with van der Waals surface area (Å²) in [4.78, 5) is 32.7. The molecule has 0 radical (unpaired) electrons. The number of carbonyl (C=O) groups is 2. The predicted octanol–water partition coefficient (Wildman–Crippen LogP) is 4.35. The summed E-state index contributed by atoms with van der Waals surface area (Å²) in [6.07, 6.45) is 5.04. The van der Waals surface area contributed by atoms with Gasteiger partial charge in [-0.05, 0) is 56.7 Å². The summed E-state index contributed by atoms with van der Waals surface area (Å²) in [5, 5.41) is 15.1. The van der Waals surface area contributed by atoms with E-state index in [2.05, 4.69) is 36.4 Å². The number of pyridine rings is 1. The van der Waals surface area contributed by atoms with Gasteiger partial charge in [0.1, 0.15) is 11.4 Å². The third-order valence-electron chi connectivity index (χ3n) is 8.23. The fourth-order valence-electron chi connectivity index (χ4n) is 5.74. The third kappa shape index (κ3) is 4.81. The van der Waals surface area contributed by atoms with Gasteiger partial charge in [0.05, 0.1) is 12.1 Å². The minimum Gasteiger partial charge on any atom is -0.487 e. The number of nitrogens with zero attached hydrogens (tertiary/aromatic N) is 2. The van der Waals surface area contributed by atoms with Crippen LogP contribution in [0.4, 0.5) is 0 Å². The quantitative estimate of drug-likeness (QED) is 0.543. The summed E-state index contributed by atoms with van der Waals surface area (Å²) < 4.78 is 6.37. The van der Waals surface area contributed by atoms with E-state index in [9.17, 15) is 9.59 Å². The second-order valence-electron chi connectivity index (χ2n) is 11.9. The molecule has 1 aromatic carbocycles. The minimum atomic E-state index is -0.482. The summed E-state index contributed by atoms with van der Waals surface area (Å²) in [5.41, 5.74) is 0.964. The van der Waals surface area contributed by atoms with Crippen LogP contribution >= 0.6 is 0 Å². The van der Waals surface area contributed by atoms with E-state index < -0.39 is 11.6 Å². The lowest BCUT2D eigenvalue weighted by Crippen LogP contribution is -2.60. The number of para-hydroxylation sites is 1. The van der Waals surface area contributed by atoms with Crippen LogP contribution in [0.25, 0.3) is 0 Å². The monoisotopic (exact) mass is 503 g/mol. The van der Waals surface area contributed by atoms with Crippen LogP contribution < -0.4 is 15.4 Å². The molecule has 3 aliphatic rings. The highest BCUT2D eigenvalue weighted by Gasteiger charge is 2.54. The molecule has 8 nitrogen and oxygen atoms in total. The smallest absolute Gasteiger partial charge is 0.232 e. The number of aromatic nitrogens is 1. The summed E-state index contributed by atoms with van der Waals surface area (Å²) >= 11 is 0. The van der Waals surface area contributed by atoms with Crippen molar-refractivity contribution in [2.24, 2.45) is 17.8 Å². The van der Waals surface area contributed by atoms with Crippen LogP contribution in [-0.4, -0.2) is 38.8 Å². The lowest BCUT2D eigenvalue weighted by molar-refractivity contribution is -0.133. The van der Waals surface area contributed by atoms with Crippen LogP contribution in [0, 0.1) is 23.2 Å². The lowest BCUT2D eigenvalue weighted by Gasteiger charge is -2.43. The second kappa shape index (κ2) is 9.15. The Morgan fingerprint density at radius 2 is 1.97 bits per heavy atom. The summed E-state index contributed by atoms with van der Waals surface area (Å²) in [7, 11) is 0. The number of amides is 2. The summed E-state index contributed by atoms with van der Waals surface area (Å²) in [6, 6.07) is 11.1. The topological polar surface area (TPSA) is 107 Å². The fraction of sp³-hybridized carbons (Fsp3) is 0.517. The first-order valence-electron chi connectivity index (χ1n) is 13.2.